The van der Waals surface area contributed by atoms with Crippen LogP contribution in [-0.4, -0.2) is 10.9 Å². The number of nitrogens with zero attached hydrogens (tertiary/aromatic N) is 2. The number of nitriles is 1. The van der Waals surface area contributed by atoms with Gasteiger partial charge in [-0.15, -0.1) is 11.3 Å². The third-order valence-corrected chi connectivity index (χ3v) is 5.19. The van der Waals surface area contributed by atoms with E-state index < -0.39 is 0 Å². The molecule has 0 fully saturated rings. The van der Waals surface area contributed by atoms with Crippen molar-refractivity contribution >= 4 is 22.4 Å². The summed E-state index contributed by atoms with van der Waals surface area (Å²) in [5.74, 6) is 0.516. The fraction of sp³-hybridized carbons (Fsp3) is 0.0417. The van der Waals surface area contributed by atoms with Crippen LogP contribution in [0.1, 0.15) is 21.5 Å². The minimum atomic E-state index is -0.233. The Morgan fingerprint density at radius 1 is 1.00 bits per heavy atom. The van der Waals surface area contributed by atoms with Crippen molar-refractivity contribution in [1.29, 1.82) is 5.26 Å². The van der Waals surface area contributed by atoms with Crippen LogP contribution in [0.2, 0.25) is 0 Å². The first-order valence-electron chi connectivity index (χ1n) is 9.26. The van der Waals surface area contributed by atoms with Crippen molar-refractivity contribution in [2.24, 2.45) is 0 Å². The molecule has 5 nitrogen and oxygen atoms in total. The molecule has 4 aromatic rings. The summed E-state index contributed by atoms with van der Waals surface area (Å²) in [6.45, 7) is 0.294. The minimum Gasteiger partial charge on any atom is -0.489 e. The van der Waals surface area contributed by atoms with Gasteiger partial charge in [0, 0.05) is 22.1 Å². The molecule has 0 radical (unpaired) electrons. The van der Waals surface area contributed by atoms with E-state index in [1.54, 1.807) is 18.2 Å². The highest BCUT2D eigenvalue weighted by atomic mass is 32.1. The summed E-state index contributed by atoms with van der Waals surface area (Å²) in [5, 5.41) is 14.2. The van der Waals surface area contributed by atoms with E-state index in [2.05, 4.69) is 16.4 Å². The van der Waals surface area contributed by atoms with Gasteiger partial charge in [-0.3, -0.25) is 10.1 Å². The summed E-state index contributed by atoms with van der Waals surface area (Å²) in [5.41, 5.74) is 3.58. The number of para-hydroxylation sites is 1. The van der Waals surface area contributed by atoms with Crippen molar-refractivity contribution < 1.29 is 9.53 Å². The Bertz CT molecular complexity index is 1200. The number of hydrogen-bond donors (Lipinski definition) is 1. The van der Waals surface area contributed by atoms with Crippen molar-refractivity contribution in [2.75, 3.05) is 5.32 Å². The molecule has 146 valence electrons. The van der Waals surface area contributed by atoms with E-state index in [1.807, 2.05) is 66.0 Å². The van der Waals surface area contributed by atoms with Crippen LogP contribution < -0.4 is 10.1 Å². The van der Waals surface area contributed by atoms with Crippen molar-refractivity contribution in [3.8, 4) is 23.1 Å². The Balaban J connectivity index is 1.46. The zero-order valence-corrected chi connectivity index (χ0v) is 16.7. The largest absolute Gasteiger partial charge is 0.489 e. The summed E-state index contributed by atoms with van der Waals surface area (Å²) >= 11 is 1.35. The number of amides is 1. The number of carbonyl (C=O) groups excluding carboxylic acids is 1. The first-order chi connectivity index (χ1) is 14.7. The monoisotopic (exact) mass is 411 g/mol. The Morgan fingerprint density at radius 2 is 1.73 bits per heavy atom. The second kappa shape index (κ2) is 9.03. The number of rotatable bonds is 6. The lowest BCUT2D eigenvalue weighted by Crippen LogP contribution is -2.15. The molecule has 3 aromatic carbocycles. The Labute approximate surface area is 178 Å². The molecule has 1 amide bonds. The van der Waals surface area contributed by atoms with Crippen LogP contribution in [0, 0.1) is 11.3 Å². The molecule has 0 atom stereocenters. The molecule has 0 saturated heterocycles. The SMILES string of the molecule is N#Cc1ccc(-c2csc(NC(=O)c3ccccc3COc3ccccc3)n2)cc1. The molecule has 0 aliphatic rings. The number of ether oxygens (including phenoxy) is 1. The summed E-state index contributed by atoms with van der Waals surface area (Å²) in [7, 11) is 0. The van der Waals surface area contributed by atoms with Gasteiger partial charge < -0.3 is 4.74 Å². The number of anilines is 1. The molecule has 4 rings (SSSR count). The molecule has 0 spiro atoms. The molecule has 1 aromatic heterocycles. The second-order valence-corrected chi connectivity index (χ2v) is 7.30. The van der Waals surface area contributed by atoms with Gasteiger partial charge in [0.05, 0.1) is 17.3 Å². The first-order valence-corrected chi connectivity index (χ1v) is 10.1. The van der Waals surface area contributed by atoms with Crippen LogP contribution >= 0.6 is 11.3 Å². The zero-order chi connectivity index (χ0) is 20.8. The average molecular weight is 411 g/mol. The number of hydrogen-bond acceptors (Lipinski definition) is 5. The molecule has 0 unspecified atom stereocenters. The third kappa shape index (κ3) is 4.54. The van der Waals surface area contributed by atoms with Gasteiger partial charge in [-0.25, -0.2) is 4.98 Å². The van der Waals surface area contributed by atoms with Crippen molar-refractivity contribution in [1.82, 2.24) is 4.98 Å². The number of carbonyl (C=O) groups is 1. The molecule has 0 aliphatic heterocycles. The second-order valence-electron chi connectivity index (χ2n) is 6.44. The Kier molecular flexibility index (Phi) is 5.83. The van der Waals surface area contributed by atoms with E-state index in [-0.39, 0.29) is 5.91 Å². The number of thiazole rings is 1. The molecule has 0 aliphatic carbocycles. The maximum absolute atomic E-state index is 12.8. The lowest BCUT2D eigenvalue weighted by Gasteiger charge is -2.10. The minimum absolute atomic E-state index is 0.233. The summed E-state index contributed by atoms with van der Waals surface area (Å²) < 4.78 is 5.80. The van der Waals surface area contributed by atoms with Crippen molar-refractivity contribution in [3.05, 3.63) is 101 Å². The molecular formula is C24H17N3O2S. The highest BCUT2D eigenvalue weighted by Crippen LogP contribution is 2.26. The fourth-order valence-electron chi connectivity index (χ4n) is 2.89. The maximum atomic E-state index is 12.8. The molecule has 1 heterocycles. The predicted octanol–water partition coefficient (Wildman–Crippen LogP) is 5.51. The lowest BCUT2D eigenvalue weighted by molar-refractivity contribution is 0.102. The number of benzene rings is 3. The van der Waals surface area contributed by atoms with Crippen LogP contribution in [-0.2, 0) is 6.61 Å². The van der Waals surface area contributed by atoms with Gasteiger partial charge in [-0.05, 0) is 30.3 Å². The van der Waals surface area contributed by atoms with E-state index in [9.17, 15) is 4.79 Å². The van der Waals surface area contributed by atoms with Crippen LogP contribution in [0.3, 0.4) is 0 Å². The van der Waals surface area contributed by atoms with Crippen LogP contribution in [0.4, 0.5) is 5.13 Å². The normalized spacial score (nSPS) is 10.2. The van der Waals surface area contributed by atoms with E-state index in [4.69, 9.17) is 10.00 Å². The summed E-state index contributed by atoms with van der Waals surface area (Å²) in [6, 6.07) is 26.1. The molecular weight excluding hydrogens is 394 g/mol. The number of aromatic nitrogens is 1. The van der Waals surface area contributed by atoms with E-state index in [0.29, 0.717) is 22.9 Å². The summed E-state index contributed by atoms with van der Waals surface area (Å²) in [4.78, 5) is 17.3. The first kappa shape index (κ1) is 19.4. The van der Waals surface area contributed by atoms with E-state index >= 15 is 0 Å². The molecule has 1 N–H and O–H groups in total. The van der Waals surface area contributed by atoms with Gasteiger partial charge >= 0.3 is 0 Å². The highest BCUT2D eigenvalue weighted by Gasteiger charge is 2.14. The van der Waals surface area contributed by atoms with Crippen LogP contribution in [0.5, 0.6) is 5.75 Å². The standard InChI is InChI=1S/C24H17N3O2S/c25-14-17-10-12-18(13-11-17)22-16-30-24(26-22)27-23(28)21-9-5-4-6-19(21)15-29-20-7-2-1-3-8-20/h1-13,16H,15H2,(H,26,27,28). The van der Waals surface area contributed by atoms with Crippen LogP contribution in [0.25, 0.3) is 11.3 Å². The van der Waals surface area contributed by atoms with E-state index in [0.717, 1.165) is 22.6 Å². The van der Waals surface area contributed by atoms with E-state index in [1.165, 1.54) is 11.3 Å². The molecule has 30 heavy (non-hydrogen) atoms. The fourth-order valence-corrected chi connectivity index (χ4v) is 3.60. The Hall–Kier alpha value is -3.95. The van der Waals surface area contributed by atoms with Crippen LogP contribution in [0.15, 0.2) is 84.2 Å². The lowest BCUT2D eigenvalue weighted by atomic mass is 10.1. The predicted molar refractivity (Wildman–Crippen MR) is 117 cm³/mol. The number of nitrogens with one attached hydrogen (secondary N) is 1. The average Bonchev–Trinajstić information content (AvgIpc) is 3.27. The summed E-state index contributed by atoms with van der Waals surface area (Å²) in [6.07, 6.45) is 0. The van der Waals surface area contributed by atoms with Gasteiger partial charge in [0.15, 0.2) is 5.13 Å². The molecule has 6 heteroatoms. The van der Waals surface area contributed by atoms with Gasteiger partial charge in [-0.1, -0.05) is 48.5 Å². The van der Waals surface area contributed by atoms with Gasteiger partial charge in [-0.2, -0.15) is 5.26 Å². The highest BCUT2D eigenvalue weighted by molar-refractivity contribution is 7.14. The topological polar surface area (TPSA) is 75.0 Å². The maximum Gasteiger partial charge on any atom is 0.257 e. The van der Waals surface area contributed by atoms with Gasteiger partial charge in [0.2, 0.25) is 0 Å². The van der Waals surface area contributed by atoms with Gasteiger partial charge in [0.1, 0.15) is 12.4 Å². The van der Waals surface area contributed by atoms with Gasteiger partial charge in [0.25, 0.3) is 5.91 Å². The van der Waals surface area contributed by atoms with Crippen molar-refractivity contribution in [2.45, 2.75) is 6.61 Å². The third-order valence-electron chi connectivity index (χ3n) is 4.43. The van der Waals surface area contributed by atoms with Crippen molar-refractivity contribution in [3.63, 3.8) is 0 Å². The smallest absolute Gasteiger partial charge is 0.257 e. The zero-order valence-electron chi connectivity index (χ0n) is 15.9. The molecule has 0 saturated carbocycles. The quantitative estimate of drug-likeness (QED) is 0.454. The molecule has 0 bridgehead atoms. The Morgan fingerprint density at radius 3 is 2.50 bits per heavy atom.